The molecule has 0 aromatic heterocycles. The second-order valence-electron chi connectivity index (χ2n) is 3.37. The van der Waals surface area contributed by atoms with E-state index in [1.165, 1.54) is 0 Å². The average Bonchev–Trinajstić information content (AvgIpc) is 2.26. The van der Waals surface area contributed by atoms with Crippen molar-refractivity contribution in [3.05, 3.63) is 28.8 Å². The van der Waals surface area contributed by atoms with Gasteiger partial charge in [0, 0.05) is 23.2 Å². The number of hydrogen-bond donors (Lipinski definition) is 2. The van der Waals surface area contributed by atoms with E-state index in [9.17, 15) is 0 Å². The van der Waals surface area contributed by atoms with Gasteiger partial charge in [-0.25, -0.2) is 0 Å². The maximum absolute atomic E-state index is 5.90. The largest absolute Gasteiger partial charge is 0.493 e. The van der Waals surface area contributed by atoms with E-state index >= 15 is 0 Å². The molecule has 1 unspecified atom stereocenters. The minimum Gasteiger partial charge on any atom is -0.493 e. The number of benzene rings is 1. The molecule has 1 rings (SSSR count). The van der Waals surface area contributed by atoms with Gasteiger partial charge in [-0.1, -0.05) is 18.5 Å². The molecule has 0 radical (unpaired) electrons. The van der Waals surface area contributed by atoms with Crippen LogP contribution < -0.4 is 16.2 Å². The third-order valence-electron chi connectivity index (χ3n) is 2.09. The van der Waals surface area contributed by atoms with Crippen LogP contribution in [0.1, 0.15) is 24.9 Å². The predicted molar refractivity (Wildman–Crippen MR) is 63.2 cm³/mol. The van der Waals surface area contributed by atoms with Crippen molar-refractivity contribution in [2.24, 2.45) is 11.5 Å². The zero-order chi connectivity index (χ0) is 11.3. The summed E-state index contributed by atoms with van der Waals surface area (Å²) in [5.41, 5.74) is 12.3. The first-order chi connectivity index (χ1) is 7.19. The Labute approximate surface area is 95.4 Å². The minimum atomic E-state index is -0.226. The fourth-order valence-corrected chi connectivity index (χ4v) is 1.46. The third kappa shape index (κ3) is 3.38. The number of nitrogens with two attached hydrogens (primary N) is 2. The highest BCUT2D eigenvalue weighted by molar-refractivity contribution is 6.30. The lowest BCUT2D eigenvalue weighted by Gasteiger charge is -2.15. The summed E-state index contributed by atoms with van der Waals surface area (Å²) in [6.45, 7) is 3.10. The van der Waals surface area contributed by atoms with Gasteiger partial charge in [0.25, 0.3) is 0 Å². The highest BCUT2D eigenvalue weighted by atomic mass is 35.5. The molecule has 0 spiro atoms. The molecular formula is C11H17ClN2O. The fourth-order valence-electron chi connectivity index (χ4n) is 1.28. The van der Waals surface area contributed by atoms with E-state index in [-0.39, 0.29) is 6.04 Å². The van der Waals surface area contributed by atoms with Crippen LogP contribution in [0.25, 0.3) is 0 Å². The summed E-state index contributed by atoms with van der Waals surface area (Å²) in [4.78, 5) is 0. The van der Waals surface area contributed by atoms with Gasteiger partial charge >= 0.3 is 0 Å². The molecule has 0 saturated carbocycles. The molecule has 0 heterocycles. The SMILES string of the molecule is CCCOc1ccc(Cl)cc1C(N)CN. The number of rotatable bonds is 5. The van der Waals surface area contributed by atoms with Crippen LogP contribution in [-0.2, 0) is 0 Å². The molecule has 0 bridgehead atoms. The highest BCUT2D eigenvalue weighted by Crippen LogP contribution is 2.27. The van der Waals surface area contributed by atoms with Crippen LogP contribution in [0, 0.1) is 0 Å². The summed E-state index contributed by atoms with van der Waals surface area (Å²) in [6, 6.07) is 5.21. The lowest BCUT2D eigenvalue weighted by Crippen LogP contribution is -2.21. The van der Waals surface area contributed by atoms with E-state index in [1.807, 2.05) is 12.1 Å². The molecule has 84 valence electrons. The van der Waals surface area contributed by atoms with Crippen LogP contribution in [0.2, 0.25) is 5.02 Å². The fraction of sp³-hybridized carbons (Fsp3) is 0.455. The van der Waals surface area contributed by atoms with Gasteiger partial charge in [-0.15, -0.1) is 0 Å². The molecule has 1 atom stereocenters. The summed E-state index contributed by atoms with van der Waals surface area (Å²) < 4.78 is 5.57. The zero-order valence-electron chi connectivity index (χ0n) is 8.87. The number of halogens is 1. The smallest absolute Gasteiger partial charge is 0.124 e. The van der Waals surface area contributed by atoms with Crippen molar-refractivity contribution in [2.45, 2.75) is 19.4 Å². The van der Waals surface area contributed by atoms with Crippen molar-refractivity contribution in [3.63, 3.8) is 0 Å². The van der Waals surface area contributed by atoms with Gasteiger partial charge in [-0.3, -0.25) is 0 Å². The summed E-state index contributed by atoms with van der Waals surface area (Å²) >= 11 is 5.90. The van der Waals surface area contributed by atoms with Gasteiger partial charge < -0.3 is 16.2 Å². The molecule has 0 amide bonds. The number of ether oxygens (including phenoxy) is 1. The van der Waals surface area contributed by atoms with Gasteiger partial charge in [0.05, 0.1) is 6.61 Å². The molecule has 4 heteroatoms. The lowest BCUT2D eigenvalue weighted by molar-refractivity contribution is 0.312. The molecule has 1 aromatic rings. The van der Waals surface area contributed by atoms with Crippen LogP contribution in [0.15, 0.2) is 18.2 Å². The van der Waals surface area contributed by atoms with Crippen molar-refractivity contribution >= 4 is 11.6 Å². The van der Waals surface area contributed by atoms with E-state index in [2.05, 4.69) is 6.92 Å². The van der Waals surface area contributed by atoms with Gasteiger partial charge in [0.1, 0.15) is 5.75 Å². The molecule has 0 fully saturated rings. The Morgan fingerprint density at radius 1 is 1.47 bits per heavy atom. The highest BCUT2D eigenvalue weighted by Gasteiger charge is 2.11. The minimum absolute atomic E-state index is 0.226. The molecular weight excluding hydrogens is 212 g/mol. The summed E-state index contributed by atoms with van der Waals surface area (Å²) in [6.07, 6.45) is 0.958. The van der Waals surface area contributed by atoms with E-state index in [4.69, 9.17) is 27.8 Å². The van der Waals surface area contributed by atoms with Crippen molar-refractivity contribution in [3.8, 4) is 5.75 Å². The van der Waals surface area contributed by atoms with Gasteiger partial charge in [-0.05, 0) is 24.6 Å². The Kier molecular flexibility index (Phi) is 4.88. The molecule has 0 aliphatic rings. The lowest BCUT2D eigenvalue weighted by atomic mass is 10.1. The van der Waals surface area contributed by atoms with E-state index in [0.717, 1.165) is 17.7 Å². The molecule has 3 nitrogen and oxygen atoms in total. The Bertz CT molecular complexity index is 317. The molecule has 0 aliphatic carbocycles. The van der Waals surface area contributed by atoms with E-state index < -0.39 is 0 Å². The zero-order valence-corrected chi connectivity index (χ0v) is 9.63. The quantitative estimate of drug-likeness (QED) is 0.811. The molecule has 0 aliphatic heterocycles. The predicted octanol–water partition coefficient (Wildman–Crippen LogP) is 2.09. The molecule has 0 saturated heterocycles. The summed E-state index contributed by atoms with van der Waals surface area (Å²) in [7, 11) is 0. The van der Waals surface area contributed by atoms with Gasteiger partial charge in [0.15, 0.2) is 0 Å². The van der Waals surface area contributed by atoms with Crippen LogP contribution in [0.5, 0.6) is 5.75 Å². The number of hydrogen-bond acceptors (Lipinski definition) is 3. The summed E-state index contributed by atoms with van der Waals surface area (Å²) in [5.74, 6) is 0.777. The first-order valence-electron chi connectivity index (χ1n) is 5.07. The van der Waals surface area contributed by atoms with Crippen molar-refractivity contribution in [1.29, 1.82) is 0 Å². The van der Waals surface area contributed by atoms with E-state index in [0.29, 0.717) is 18.2 Å². The Hall–Kier alpha value is -0.770. The Morgan fingerprint density at radius 3 is 2.80 bits per heavy atom. The standard InChI is InChI=1S/C11H17ClN2O/c1-2-5-15-11-4-3-8(12)6-9(11)10(14)7-13/h3-4,6,10H,2,5,7,13-14H2,1H3. The maximum Gasteiger partial charge on any atom is 0.124 e. The first kappa shape index (κ1) is 12.3. The second-order valence-corrected chi connectivity index (χ2v) is 3.81. The van der Waals surface area contributed by atoms with Crippen LogP contribution in [-0.4, -0.2) is 13.2 Å². The first-order valence-corrected chi connectivity index (χ1v) is 5.44. The van der Waals surface area contributed by atoms with E-state index in [1.54, 1.807) is 6.07 Å². The Balaban J connectivity index is 2.92. The molecule has 4 N–H and O–H groups in total. The van der Waals surface area contributed by atoms with Gasteiger partial charge in [-0.2, -0.15) is 0 Å². The summed E-state index contributed by atoms with van der Waals surface area (Å²) in [5, 5.41) is 0.651. The Morgan fingerprint density at radius 2 is 2.20 bits per heavy atom. The van der Waals surface area contributed by atoms with Crippen molar-refractivity contribution in [1.82, 2.24) is 0 Å². The van der Waals surface area contributed by atoms with Crippen LogP contribution in [0.4, 0.5) is 0 Å². The monoisotopic (exact) mass is 228 g/mol. The van der Waals surface area contributed by atoms with Crippen molar-refractivity contribution < 1.29 is 4.74 Å². The topological polar surface area (TPSA) is 61.3 Å². The average molecular weight is 229 g/mol. The maximum atomic E-state index is 5.90. The van der Waals surface area contributed by atoms with Crippen LogP contribution >= 0.6 is 11.6 Å². The third-order valence-corrected chi connectivity index (χ3v) is 2.32. The van der Waals surface area contributed by atoms with Gasteiger partial charge in [0.2, 0.25) is 0 Å². The normalized spacial score (nSPS) is 12.5. The molecule has 1 aromatic carbocycles. The van der Waals surface area contributed by atoms with Crippen LogP contribution in [0.3, 0.4) is 0 Å². The molecule has 15 heavy (non-hydrogen) atoms. The second kappa shape index (κ2) is 5.95. The van der Waals surface area contributed by atoms with Crippen molar-refractivity contribution in [2.75, 3.05) is 13.2 Å².